The Kier molecular flexibility index (Phi) is 6.46. The highest BCUT2D eigenvalue weighted by Crippen LogP contribution is 2.31. The van der Waals surface area contributed by atoms with E-state index in [9.17, 15) is 12.8 Å². The van der Waals surface area contributed by atoms with E-state index < -0.39 is 15.8 Å². The van der Waals surface area contributed by atoms with Crippen molar-refractivity contribution in [2.75, 3.05) is 26.7 Å². The zero-order valence-corrected chi connectivity index (χ0v) is 16.2. The molecule has 0 aromatic heterocycles. The van der Waals surface area contributed by atoms with Crippen molar-refractivity contribution in [2.24, 2.45) is 0 Å². The predicted octanol–water partition coefficient (Wildman–Crippen LogP) is 3.34. The van der Waals surface area contributed by atoms with E-state index in [1.165, 1.54) is 18.6 Å². The molecule has 1 atom stereocenters. The second-order valence-electron chi connectivity index (χ2n) is 6.66. The third kappa shape index (κ3) is 4.86. The molecule has 5 nitrogen and oxygen atoms in total. The summed E-state index contributed by atoms with van der Waals surface area (Å²) in [4.78, 5) is 2.36. The molecule has 2 aromatic rings. The first kappa shape index (κ1) is 19.8. The van der Waals surface area contributed by atoms with Crippen LogP contribution < -0.4 is 9.46 Å². The van der Waals surface area contributed by atoms with E-state index in [4.69, 9.17) is 4.74 Å². The SMILES string of the molecule is COc1ccccc1C(CNS(=O)(=O)c1ccc(F)cc1)N1CCCCC1. The zero-order chi connectivity index (χ0) is 19.3. The van der Waals surface area contributed by atoms with E-state index in [-0.39, 0.29) is 17.5 Å². The van der Waals surface area contributed by atoms with Crippen LogP contribution in [0.15, 0.2) is 53.4 Å². The molecule has 3 rings (SSSR count). The molecular weight excluding hydrogens is 367 g/mol. The standard InChI is InChI=1S/C20H25FN2O3S/c1-26-20-8-4-3-7-18(20)19(23-13-5-2-6-14-23)15-22-27(24,25)17-11-9-16(21)10-12-17/h3-4,7-12,19,22H,2,5-6,13-15H2,1H3. The lowest BCUT2D eigenvalue weighted by atomic mass is 10.0. The van der Waals surface area contributed by atoms with Gasteiger partial charge in [-0.2, -0.15) is 0 Å². The first-order chi connectivity index (χ1) is 13.0. The van der Waals surface area contributed by atoms with E-state index in [1.54, 1.807) is 7.11 Å². The van der Waals surface area contributed by atoms with Gasteiger partial charge in [-0.15, -0.1) is 0 Å². The van der Waals surface area contributed by atoms with E-state index in [2.05, 4.69) is 9.62 Å². The summed E-state index contributed by atoms with van der Waals surface area (Å²) < 4.78 is 46.6. The summed E-state index contributed by atoms with van der Waals surface area (Å²) in [5.74, 6) is 0.281. The molecule has 0 amide bonds. The monoisotopic (exact) mass is 392 g/mol. The van der Waals surface area contributed by atoms with Gasteiger partial charge in [-0.05, 0) is 56.3 Å². The number of nitrogens with one attached hydrogen (secondary N) is 1. The van der Waals surface area contributed by atoms with Crippen molar-refractivity contribution in [2.45, 2.75) is 30.2 Å². The van der Waals surface area contributed by atoms with Gasteiger partial charge in [0.25, 0.3) is 0 Å². The van der Waals surface area contributed by atoms with Gasteiger partial charge in [0.2, 0.25) is 10.0 Å². The van der Waals surface area contributed by atoms with Gasteiger partial charge in [0.15, 0.2) is 0 Å². The largest absolute Gasteiger partial charge is 0.496 e. The molecule has 146 valence electrons. The average molecular weight is 392 g/mol. The van der Waals surface area contributed by atoms with E-state index >= 15 is 0 Å². The Morgan fingerprint density at radius 3 is 2.41 bits per heavy atom. The maximum absolute atomic E-state index is 13.1. The summed E-state index contributed by atoms with van der Waals surface area (Å²) in [6.07, 6.45) is 3.38. The van der Waals surface area contributed by atoms with Crippen molar-refractivity contribution < 1.29 is 17.5 Å². The Morgan fingerprint density at radius 2 is 1.74 bits per heavy atom. The van der Waals surface area contributed by atoms with Gasteiger partial charge >= 0.3 is 0 Å². The van der Waals surface area contributed by atoms with E-state index in [0.717, 1.165) is 49.4 Å². The fourth-order valence-corrected chi connectivity index (χ4v) is 4.53. The molecule has 1 heterocycles. The Bertz CT molecular complexity index is 850. The van der Waals surface area contributed by atoms with Gasteiger partial charge in [0.1, 0.15) is 11.6 Å². The number of rotatable bonds is 7. The minimum absolute atomic E-state index is 0.0568. The minimum Gasteiger partial charge on any atom is -0.496 e. The van der Waals surface area contributed by atoms with Gasteiger partial charge in [-0.3, -0.25) is 4.90 Å². The van der Waals surface area contributed by atoms with Crippen molar-refractivity contribution >= 4 is 10.0 Å². The molecule has 1 N–H and O–H groups in total. The quantitative estimate of drug-likeness (QED) is 0.785. The second-order valence-corrected chi connectivity index (χ2v) is 8.43. The van der Waals surface area contributed by atoms with Crippen molar-refractivity contribution in [3.8, 4) is 5.75 Å². The van der Waals surface area contributed by atoms with Crippen molar-refractivity contribution in [1.29, 1.82) is 0 Å². The topological polar surface area (TPSA) is 58.6 Å². The van der Waals surface area contributed by atoms with Crippen molar-refractivity contribution in [1.82, 2.24) is 9.62 Å². The number of sulfonamides is 1. The van der Waals surface area contributed by atoms with Crippen LogP contribution >= 0.6 is 0 Å². The molecule has 0 spiro atoms. The normalized spacial score (nSPS) is 16.8. The highest BCUT2D eigenvalue weighted by Gasteiger charge is 2.26. The average Bonchev–Trinajstić information content (AvgIpc) is 2.69. The van der Waals surface area contributed by atoms with Crippen LogP contribution in [0.4, 0.5) is 4.39 Å². The molecule has 27 heavy (non-hydrogen) atoms. The number of hydrogen-bond donors (Lipinski definition) is 1. The molecule has 0 bridgehead atoms. The Labute approximate surface area is 160 Å². The zero-order valence-electron chi connectivity index (χ0n) is 15.4. The maximum atomic E-state index is 13.1. The van der Waals surface area contributed by atoms with Gasteiger partial charge in [0.05, 0.1) is 18.0 Å². The highest BCUT2D eigenvalue weighted by molar-refractivity contribution is 7.89. The summed E-state index contributed by atoms with van der Waals surface area (Å²) in [5.41, 5.74) is 0.962. The number of halogens is 1. The number of piperidine rings is 1. The molecule has 0 radical (unpaired) electrons. The molecule has 1 saturated heterocycles. The molecule has 2 aromatic carbocycles. The van der Waals surface area contributed by atoms with Crippen molar-refractivity contribution in [3.63, 3.8) is 0 Å². The van der Waals surface area contributed by atoms with Crippen LogP contribution in [0, 0.1) is 5.82 Å². The number of benzene rings is 2. The minimum atomic E-state index is -3.72. The van der Waals surface area contributed by atoms with Crippen molar-refractivity contribution in [3.05, 3.63) is 59.9 Å². The molecule has 0 saturated carbocycles. The first-order valence-corrected chi connectivity index (χ1v) is 10.6. The molecule has 7 heteroatoms. The first-order valence-electron chi connectivity index (χ1n) is 9.13. The third-order valence-corrected chi connectivity index (χ3v) is 6.36. The smallest absolute Gasteiger partial charge is 0.240 e. The van der Waals surface area contributed by atoms with Crippen LogP contribution in [0.3, 0.4) is 0 Å². The number of nitrogens with zero attached hydrogens (tertiary/aromatic N) is 1. The van der Waals surface area contributed by atoms with Crippen LogP contribution in [-0.2, 0) is 10.0 Å². The second kappa shape index (κ2) is 8.82. The van der Waals surface area contributed by atoms with E-state index in [0.29, 0.717) is 0 Å². The fraction of sp³-hybridized carbons (Fsp3) is 0.400. The Morgan fingerprint density at radius 1 is 1.07 bits per heavy atom. The summed E-state index contributed by atoms with van der Waals surface area (Å²) in [7, 11) is -2.10. The van der Waals surface area contributed by atoms with Crippen LogP contribution in [0.25, 0.3) is 0 Å². The summed E-state index contributed by atoms with van der Waals surface area (Å²) in [5, 5.41) is 0. The number of methoxy groups -OCH3 is 1. The van der Waals surface area contributed by atoms with Gasteiger partial charge in [-0.1, -0.05) is 24.6 Å². The number of para-hydroxylation sites is 1. The summed E-state index contributed by atoms with van der Waals surface area (Å²) >= 11 is 0. The maximum Gasteiger partial charge on any atom is 0.240 e. The molecule has 1 aliphatic heterocycles. The van der Waals surface area contributed by atoms with Crippen LogP contribution in [0.2, 0.25) is 0 Å². The Hall–Kier alpha value is -1.96. The fourth-order valence-electron chi connectivity index (χ4n) is 3.49. The van der Waals surface area contributed by atoms with Crippen LogP contribution in [0.5, 0.6) is 5.75 Å². The lowest BCUT2D eigenvalue weighted by molar-refractivity contribution is 0.162. The van der Waals surface area contributed by atoms with Gasteiger partial charge < -0.3 is 4.74 Å². The summed E-state index contributed by atoms with van der Waals surface area (Å²) in [6.45, 7) is 2.06. The van der Waals surface area contributed by atoms with Gasteiger partial charge in [0, 0.05) is 12.1 Å². The highest BCUT2D eigenvalue weighted by atomic mass is 32.2. The third-order valence-electron chi connectivity index (χ3n) is 4.92. The lowest BCUT2D eigenvalue weighted by Gasteiger charge is -2.35. The number of hydrogen-bond acceptors (Lipinski definition) is 4. The molecule has 1 unspecified atom stereocenters. The summed E-state index contributed by atoms with van der Waals surface area (Å²) in [6, 6.07) is 12.4. The van der Waals surface area contributed by atoms with Crippen LogP contribution in [0.1, 0.15) is 30.9 Å². The number of likely N-dealkylation sites (tertiary alicyclic amines) is 1. The lowest BCUT2D eigenvalue weighted by Crippen LogP contribution is -2.40. The molecule has 1 fully saturated rings. The van der Waals surface area contributed by atoms with Gasteiger partial charge in [-0.25, -0.2) is 17.5 Å². The predicted molar refractivity (Wildman–Crippen MR) is 103 cm³/mol. The number of ether oxygens (including phenoxy) is 1. The molecule has 0 aliphatic carbocycles. The van der Waals surface area contributed by atoms with E-state index in [1.807, 2.05) is 24.3 Å². The Balaban J connectivity index is 1.84. The molecule has 1 aliphatic rings. The molecular formula is C20H25FN2O3S. The van der Waals surface area contributed by atoms with Crippen LogP contribution in [-0.4, -0.2) is 40.1 Å².